The molecule has 0 aliphatic rings. The van der Waals surface area contributed by atoms with Crippen LogP contribution in [0.5, 0.6) is 0 Å². The molecule has 0 heterocycles. The molecule has 1 unspecified atom stereocenters. The molecular weight excluding hydrogens is 242 g/mol. The zero-order valence-electron chi connectivity index (χ0n) is 9.51. The van der Waals surface area contributed by atoms with Crippen LogP contribution in [0.1, 0.15) is 13.3 Å². The molecule has 0 spiro atoms. The van der Waals surface area contributed by atoms with Gasteiger partial charge in [-0.3, -0.25) is 0 Å². The van der Waals surface area contributed by atoms with Gasteiger partial charge >= 0.3 is 0 Å². The molecule has 3 nitrogen and oxygen atoms in total. The fourth-order valence-corrected chi connectivity index (χ4v) is 2.83. The second-order valence-electron chi connectivity index (χ2n) is 3.63. The van der Waals surface area contributed by atoms with Crippen LogP contribution in [0, 0.1) is 0 Å². The molecule has 16 heavy (non-hydrogen) atoms. The predicted octanol–water partition coefficient (Wildman–Crippen LogP) is 1.92. The van der Waals surface area contributed by atoms with Gasteiger partial charge in [0.1, 0.15) is 0 Å². The van der Waals surface area contributed by atoms with E-state index in [0.29, 0.717) is 16.7 Å². The van der Waals surface area contributed by atoms with Crippen LogP contribution in [-0.2, 0) is 9.84 Å². The predicted molar refractivity (Wildman–Crippen MR) is 68.5 cm³/mol. The number of hydrogen-bond acceptors (Lipinski definition) is 4. The molecule has 0 aromatic heterocycles. The Balaban J connectivity index is 2.80. The first kappa shape index (κ1) is 13.5. The van der Waals surface area contributed by atoms with Gasteiger partial charge in [0, 0.05) is 22.9 Å². The molecular formula is C11H17NO2S2. The molecule has 1 aromatic rings. The number of rotatable bonds is 5. The Morgan fingerprint density at radius 3 is 2.25 bits per heavy atom. The number of nitrogens with two attached hydrogens (primary N) is 1. The zero-order valence-corrected chi connectivity index (χ0v) is 11.1. The summed E-state index contributed by atoms with van der Waals surface area (Å²) in [5.41, 5.74) is 5.61. The van der Waals surface area contributed by atoms with Crippen molar-refractivity contribution in [2.24, 2.45) is 5.73 Å². The summed E-state index contributed by atoms with van der Waals surface area (Å²) in [4.78, 5) is 1.42. The molecule has 0 bridgehead atoms. The van der Waals surface area contributed by atoms with E-state index in [0.717, 1.165) is 11.3 Å². The zero-order chi connectivity index (χ0) is 12.2. The minimum Gasteiger partial charge on any atom is -0.329 e. The summed E-state index contributed by atoms with van der Waals surface area (Å²) < 4.78 is 22.5. The van der Waals surface area contributed by atoms with Crippen molar-refractivity contribution < 1.29 is 8.42 Å². The Hall–Kier alpha value is -0.520. The lowest BCUT2D eigenvalue weighted by atomic mass is 10.3. The summed E-state index contributed by atoms with van der Waals surface area (Å²) in [5, 5.41) is 0.393. The third kappa shape index (κ3) is 3.81. The molecule has 1 atom stereocenters. The van der Waals surface area contributed by atoms with Gasteiger partial charge < -0.3 is 5.73 Å². The summed E-state index contributed by atoms with van der Waals surface area (Å²) in [6.45, 7) is 2.73. The SMILES string of the molecule is CCC(CN)Sc1ccc(S(C)(=O)=O)cc1. The Bertz CT molecular complexity index is 422. The van der Waals surface area contributed by atoms with Gasteiger partial charge in [-0.25, -0.2) is 8.42 Å². The van der Waals surface area contributed by atoms with Crippen LogP contribution in [0.25, 0.3) is 0 Å². The lowest BCUT2D eigenvalue weighted by molar-refractivity contribution is 0.602. The highest BCUT2D eigenvalue weighted by Crippen LogP contribution is 2.25. The van der Waals surface area contributed by atoms with E-state index in [4.69, 9.17) is 5.73 Å². The Morgan fingerprint density at radius 1 is 1.31 bits per heavy atom. The minimum absolute atomic E-state index is 0.359. The second-order valence-corrected chi connectivity index (χ2v) is 7.02. The molecule has 0 aliphatic carbocycles. The molecule has 2 N–H and O–H groups in total. The smallest absolute Gasteiger partial charge is 0.175 e. The topological polar surface area (TPSA) is 60.2 Å². The average molecular weight is 259 g/mol. The first-order chi connectivity index (χ1) is 7.47. The van der Waals surface area contributed by atoms with Gasteiger partial charge in [-0.15, -0.1) is 11.8 Å². The van der Waals surface area contributed by atoms with Gasteiger partial charge in [-0.05, 0) is 30.7 Å². The molecule has 0 radical (unpaired) electrons. The lowest BCUT2D eigenvalue weighted by Gasteiger charge is -2.11. The van der Waals surface area contributed by atoms with Crippen LogP contribution >= 0.6 is 11.8 Å². The fraction of sp³-hybridized carbons (Fsp3) is 0.455. The van der Waals surface area contributed by atoms with Crippen molar-refractivity contribution in [3.63, 3.8) is 0 Å². The van der Waals surface area contributed by atoms with Crippen LogP contribution in [0.2, 0.25) is 0 Å². The third-order valence-corrected chi connectivity index (χ3v) is 4.80. The van der Waals surface area contributed by atoms with Crippen molar-refractivity contribution in [2.75, 3.05) is 12.8 Å². The van der Waals surface area contributed by atoms with Gasteiger partial charge in [0.15, 0.2) is 9.84 Å². The highest BCUT2D eigenvalue weighted by Gasteiger charge is 2.09. The fourth-order valence-electron chi connectivity index (χ4n) is 1.26. The summed E-state index contributed by atoms with van der Waals surface area (Å²) in [7, 11) is -3.09. The van der Waals surface area contributed by atoms with Crippen LogP contribution in [0.4, 0.5) is 0 Å². The first-order valence-electron chi connectivity index (χ1n) is 5.14. The third-order valence-electron chi connectivity index (χ3n) is 2.27. The number of hydrogen-bond donors (Lipinski definition) is 1. The van der Waals surface area contributed by atoms with Crippen LogP contribution < -0.4 is 5.73 Å². The Morgan fingerprint density at radius 2 is 1.88 bits per heavy atom. The van der Waals surface area contributed by atoms with Gasteiger partial charge in [0.25, 0.3) is 0 Å². The van der Waals surface area contributed by atoms with Crippen molar-refractivity contribution >= 4 is 21.6 Å². The van der Waals surface area contributed by atoms with E-state index in [1.54, 1.807) is 23.9 Å². The van der Waals surface area contributed by atoms with E-state index in [1.807, 2.05) is 12.1 Å². The number of benzene rings is 1. The second kappa shape index (κ2) is 5.70. The van der Waals surface area contributed by atoms with E-state index in [9.17, 15) is 8.42 Å². The Kier molecular flexibility index (Phi) is 4.83. The van der Waals surface area contributed by atoms with Crippen molar-refractivity contribution in [1.29, 1.82) is 0 Å². The molecule has 1 aromatic carbocycles. The maximum atomic E-state index is 11.3. The van der Waals surface area contributed by atoms with E-state index in [1.165, 1.54) is 6.26 Å². The molecule has 1 rings (SSSR count). The summed E-state index contributed by atoms with van der Waals surface area (Å²) in [6.07, 6.45) is 2.22. The standard InChI is InChI=1S/C11H17NO2S2/c1-3-9(8-12)15-10-4-6-11(7-5-10)16(2,13)14/h4-7,9H,3,8,12H2,1-2H3. The van der Waals surface area contributed by atoms with E-state index >= 15 is 0 Å². The van der Waals surface area contributed by atoms with Crippen LogP contribution in [-0.4, -0.2) is 26.5 Å². The summed E-state index contributed by atoms with van der Waals surface area (Å²) >= 11 is 1.69. The molecule has 0 aliphatic heterocycles. The van der Waals surface area contributed by atoms with E-state index in [-0.39, 0.29) is 0 Å². The molecule has 90 valence electrons. The highest BCUT2D eigenvalue weighted by molar-refractivity contribution is 8.00. The lowest BCUT2D eigenvalue weighted by Crippen LogP contribution is -2.15. The monoisotopic (exact) mass is 259 g/mol. The molecule has 0 amide bonds. The van der Waals surface area contributed by atoms with Gasteiger partial charge in [0.2, 0.25) is 0 Å². The molecule has 5 heteroatoms. The maximum Gasteiger partial charge on any atom is 0.175 e. The Labute approximate surface area is 101 Å². The van der Waals surface area contributed by atoms with Crippen molar-refractivity contribution in [3.8, 4) is 0 Å². The van der Waals surface area contributed by atoms with Gasteiger partial charge in [0.05, 0.1) is 4.90 Å². The summed E-state index contributed by atoms with van der Waals surface area (Å²) in [6, 6.07) is 6.94. The highest BCUT2D eigenvalue weighted by atomic mass is 32.2. The molecule has 0 saturated carbocycles. The number of thioether (sulfide) groups is 1. The van der Waals surface area contributed by atoms with Crippen molar-refractivity contribution in [3.05, 3.63) is 24.3 Å². The van der Waals surface area contributed by atoms with Crippen molar-refractivity contribution in [1.82, 2.24) is 0 Å². The molecule has 0 saturated heterocycles. The maximum absolute atomic E-state index is 11.3. The van der Waals surface area contributed by atoms with Crippen molar-refractivity contribution in [2.45, 2.75) is 28.4 Å². The normalized spacial score (nSPS) is 13.7. The van der Waals surface area contributed by atoms with Crippen LogP contribution in [0.3, 0.4) is 0 Å². The first-order valence-corrected chi connectivity index (χ1v) is 7.91. The van der Waals surface area contributed by atoms with Gasteiger partial charge in [-0.1, -0.05) is 6.92 Å². The summed E-state index contributed by atoms with van der Waals surface area (Å²) in [5.74, 6) is 0. The minimum atomic E-state index is -3.09. The quantitative estimate of drug-likeness (QED) is 0.821. The largest absolute Gasteiger partial charge is 0.329 e. The average Bonchev–Trinajstić information content (AvgIpc) is 2.25. The van der Waals surface area contributed by atoms with E-state index < -0.39 is 9.84 Å². The van der Waals surface area contributed by atoms with Crippen LogP contribution in [0.15, 0.2) is 34.1 Å². The number of sulfone groups is 1. The van der Waals surface area contributed by atoms with Gasteiger partial charge in [-0.2, -0.15) is 0 Å². The molecule has 0 fully saturated rings. The van der Waals surface area contributed by atoms with E-state index in [2.05, 4.69) is 6.92 Å².